The highest BCUT2D eigenvalue weighted by Gasteiger charge is 2.13. The first-order valence-electron chi connectivity index (χ1n) is 5.97. The summed E-state index contributed by atoms with van der Waals surface area (Å²) in [5.41, 5.74) is 6.82. The lowest BCUT2D eigenvalue weighted by molar-refractivity contribution is 0.196. The number of benzene rings is 2. The van der Waals surface area contributed by atoms with Crippen LogP contribution in [0, 0.1) is 0 Å². The summed E-state index contributed by atoms with van der Waals surface area (Å²) in [6.07, 6.45) is 0.792. The average molecular weight is 306 g/mol. The van der Waals surface area contributed by atoms with Gasteiger partial charge in [-0.1, -0.05) is 42.5 Å². The molecule has 0 saturated carbocycles. The summed E-state index contributed by atoms with van der Waals surface area (Å²) in [4.78, 5) is 0. The molecule has 2 rings (SSSR count). The fraction of sp³-hybridized carbons (Fsp3) is 0.200. The van der Waals surface area contributed by atoms with E-state index in [-0.39, 0.29) is 6.10 Å². The third-order valence-electron chi connectivity index (χ3n) is 2.71. The van der Waals surface area contributed by atoms with Crippen LogP contribution in [-0.2, 0) is 0 Å². The van der Waals surface area contributed by atoms with E-state index in [1.54, 1.807) is 0 Å². The van der Waals surface area contributed by atoms with E-state index in [0.717, 1.165) is 22.2 Å². The van der Waals surface area contributed by atoms with Crippen molar-refractivity contribution >= 4 is 15.9 Å². The molecule has 0 aliphatic rings. The Kier molecular flexibility index (Phi) is 4.79. The van der Waals surface area contributed by atoms with Crippen molar-refractivity contribution in [3.8, 4) is 5.75 Å². The third-order valence-corrected chi connectivity index (χ3v) is 3.36. The average Bonchev–Trinajstić information content (AvgIpc) is 2.42. The van der Waals surface area contributed by atoms with Crippen molar-refractivity contribution in [3.05, 3.63) is 64.6 Å². The molecule has 2 N–H and O–H groups in total. The lowest BCUT2D eigenvalue weighted by Gasteiger charge is -2.19. The zero-order chi connectivity index (χ0) is 12.8. The second kappa shape index (κ2) is 6.57. The molecule has 2 aromatic carbocycles. The number of hydrogen-bond acceptors (Lipinski definition) is 2. The van der Waals surface area contributed by atoms with Gasteiger partial charge in [0.2, 0.25) is 0 Å². The molecule has 0 heterocycles. The Morgan fingerprint density at radius 1 is 1.00 bits per heavy atom. The van der Waals surface area contributed by atoms with Crippen LogP contribution in [0.25, 0.3) is 0 Å². The van der Waals surface area contributed by atoms with Crippen LogP contribution in [0.1, 0.15) is 18.1 Å². The van der Waals surface area contributed by atoms with Gasteiger partial charge in [0.15, 0.2) is 0 Å². The Bertz CT molecular complexity index is 487. The molecule has 0 saturated heterocycles. The molecular formula is C15H16BrNO. The fourth-order valence-electron chi connectivity index (χ4n) is 1.81. The van der Waals surface area contributed by atoms with Crippen LogP contribution in [0.4, 0.5) is 0 Å². The zero-order valence-electron chi connectivity index (χ0n) is 10.1. The van der Waals surface area contributed by atoms with Crippen molar-refractivity contribution in [3.63, 3.8) is 0 Å². The van der Waals surface area contributed by atoms with Gasteiger partial charge in [0, 0.05) is 6.42 Å². The molecule has 0 aliphatic heterocycles. The molecule has 3 heteroatoms. The molecular weight excluding hydrogens is 290 g/mol. The zero-order valence-corrected chi connectivity index (χ0v) is 11.6. The summed E-state index contributed by atoms with van der Waals surface area (Å²) >= 11 is 3.49. The van der Waals surface area contributed by atoms with Crippen LogP contribution < -0.4 is 10.5 Å². The SMILES string of the molecule is NCCC(Oc1ccccc1Br)c1ccccc1. The predicted molar refractivity (Wildman–Crippen MR) is 77.6 cm³/mol. The first kappa shape index (κ1) is 13.1. The number of nitrogens with two attached hydrogens (primary N) is 1. The van der Waals surface area contributed by atoms with Crippen molar-refractivity contribution in [2.75, 3.05) is 6.54 Å². The van der Waals surface area contributed by atoms with E-state index >= 15 is 0 Å². The van der Waals surface area contributed by atoms with E-state index in [1.807, 2.05) is 42.5 Å². The Morgan fingerprint density at radius 2 is 1.67 bits per heavy atom. The summed E-state index contributed by atoms with van der Waals surface area (Å²) in [5, 5.41) is 0. The fourth-order valence-corrected chi connectivity index (χ4v) is 2.18. The summed E-state index contributed by atoms with van der Waals surface area (Å²) in [5.74, 6) is 0.847. The van der Waals surface area contributed by atoms with Gasteiger partial charge in [0.05, 0.1) is 4.47 Å². The number of halogens is 1. The van der Waals surface area contributed by atoms with Gasteiger partial charge >= 0.3 is 0 Å². The van der Waals surface area contributed by atoms with Crippen LogP contribution >= 0.6 is 15.9 Å². The highest BCUT2D eigenvalue weighted by molar-refractivity contribution is 9.10. The summed E-state index contributed by atoms with van der Waals surface area (Å²) in [6.45, 7) is 0.601. The van der Waals surface area contributed by atoms with E-state index in [4.69, 9.17) is 10.5 Å². The maximum atomic E-state index is 6.04. The van der Waals surface area contributed by atoms with Gasteiger partial charge in [-0.25, -0.2) is 0 Å². The van der Waals surface area contributed by atoms with Gasteiger partial charge in [-0.3, -0.25) is 0 Å². The maximum Gasteiger partial charge on any atom is 0.134 e. The summed E-state index contributed by atoms with van der Waals surface area (Å²) < 4.78 is 7.01. The molecule has 2 nitrogen and oxygen atoms in total. The first-order chi connectivity index (χ1) is 8.81. The topological polar surface area (TPSA) is 35.2 Å². The first-order valence-corrected chi connectivity index (χ1v) is 6.77. The summed E-state index contributed by atoms with van der Waals surface area (Å²) in [6, 6.07) is 18.0. The van der Waals surface area contributed by atoms with Crippen LogP contribution in [0.5, 0.6) is 5.75 Å². The third kappa shape index (κ3) is 3.34. The molecule has 0 fully saturated rings. The van der Waals surface area contributed by atoms with E-state index < -0.39 is 0 Å². The molecule has 0 bridgehead atoms. The van der Waals surface area contributed by atoms with Crippen LogP contribution in [0.15, 0.2) is 59.1 Å². The number of hydrogen-bond donors (Lipinski definition) is 1. The minimum atomic E-state index is -0.00472. The lowest BCUT2D eigenvalue weighted by atomic mass is 10.1. The Morgan fingerprint density at radius 3 is 2.33 bits per heavy atom. The van der Waals surface area contributed by atoms with E-state index in [1.165, 1.54) is 0 Å². The second-order valence-corrected chi connectivity index (χ2v) is 4.88. The largest absolute Gasteiger partial charge is 0.485 e. The maximum absolute atomic E-state index is 6.04. The second-order valence-electron chi connectivity index (χ2n) is 4.02. The van der Waals surface area contributed by atoms with Crippen molar-refractivity contribution in [1.82, 2.24) is 0 Å². The molecule has 2 aromatic rings. The smallest absolute Gasteiger partial charge is 0.134 e. The number of para-hydroxylation sites is 1. The standard InChI is InChI=1S/C15H16BrNO/c16-13-8-4-5-9-15(13)18-14(10-11-17)12-6-2-1-3-7-12/h1-9,14H,10-11,17H2. The number of rotatable bonds is 5. The minimum absolute atomic E-state index is 0.00472. The molecule has 0 aliphatic carbocycles. The predicted octanol–water partition coefficient (Wildman–Crippen LogP) is 3.92. The molecule has 0 radical (unpaired) electrons. The van der Waals surface area contributed by atoms with Crippen molar-refractivity contribution in [2.24, 2.45) is 5.73 Å². The van der Waals surface area contributed by atoms with E-state index in [9.17, 15) is 0 Å². The Labute approximate surface area is 116 Å². The lowest BCUT2D eigenvalue weighted by Crippen LogP contribution is -2.13. The van der Waals surface area contributed by atoms with Gasteiger partial charge in [-0.2, -0.15) is 0 Å². The Balaban J connectivity index is 2.19. The van der Waals surface area contributed by atoms with Gasteiger partial charge in [0.25, 0.3) is 0 Å². The molecule has 18 heavy (non-hydrogen) atoms. The van der Waals surface area contributed by atoms with Gasteiger partial charge in [-0.15, -0.1) is 0 Å². The quantitative estimate of drug-likeness (QED) is 0.908. The molecule has 0 amide bonds. The monoisotopic (exact) mass is 305 g/mol. The molecule has 0 spiro atoms. The van der Waals surface area contributed by atoms with Gasteiger partial charge < -0.3 is 10.5 Å². The van der Waals surface area contributed by atoms with Crippen molar-refractivity contribution < 1.29 is 4.74 Å². The normalized spacial score (nSPS) is 12.1. The van der Waals surface area contributed by atoms with Crippen molar-refractivity contribution in [1.29, 1.82) is 0 Å². The van der Waals surface area contributed by atoms with Crippen LogP contribution in [0.2, 0.25) is 0 Å². The Hall–Kier alpha value is -1.32. The van der Waals surface area contributed by atoms with E-state index in [2.05, 4.69) is 28.1 Å². The van der Waals surface area contributed by atoms with Crippen LogP contribution in [-0.4, -0.2) is 6.54 Å². The molecule has 94 valence electrons. The van der Waals surface area contributed by atoms with Crippen LogP contribution in [0.3, 0.4) is 0 Å². The highest BCUT2D eigenvalue weighted by Crippen LogP contribution is 2.30. The molecule has 1 atom stereocenters. The molecule has 0 aromatic heterocycles. The molecule has 1 unspecified atom stereocenters. The summed E-state index contributed by atoms with van der Waals surface area (Å²) in [7, 11) is 0. The number of ether oxygens (including phenoxy) is 1. The van der Waals surface area contributed by atoms with Gasteiger partial charge in [0.1, 0.15) is 11.9 Å². The highest BCUT2D eigenvalue weighted by atomic mass is 79.9. The van der Waals surface area contributed by atoms with Gasteiger partial charge in [-0.05, 0) is 40.2 Å². The van der Waals surface area contributed by atoms with E-state index in [0.29, 0.717) is 6.54 Å². The minimum Gasteiger partial charge on any atom is -0.485 e. The van der Waals surface area contributed by atoms with Crippen molar-refractivity contribution in [2.45, 2.75) is 12.5 Å².